The molecular formula is C22H19F2N3O3. The van der Waals surface area contributed by atoms with Gasteiger partial charge in [-0.2, -0.15) is 5.26 Å². The van der Waals surface area contributed by atoms with Gasteiger partial charge in [-0.05, 0) is 29.8 Å². The maximum atomic E-state index is 13.9. The first kappa shape index (κ1) is 19.8. The van der Waals surface area contributed by atoms with Crippen LogP contribution in [0.2, 0.25) is 0 Å². The van der Waals surface area contributed by atoms with Gasteiger partial charge >= 0.3 is 6.09 Å². The van der Waals surface area contributed by atoms with E-state index in [1.807, 2.05) is 0 Å². The summed E-state index contributed by atoms with van der Waals surface area (Å²) < 4.78 is 33.0. The van der Waals surface area contributed by atoms with E-state index in [0.29, 0.717) is 31.5 Å². The van der Waals surface area contributed by atoms with E-state index in [0.717, 1.165) is 11.6 Å². The number of halogens is 2. The van der Waals surface area contributed by atoms with E-state index in [9.17, 15) is 18.4 Å². The lowest BCUT2D eigenvalue weighted by molar-refractivity contribution is 0.00299. The van der Waals surface area contributed by atoms with Gasteiger partial charge in [-0.1, -0.05) is 18.2 Å². The molecule has 4 rings (SSSR count). The summed E-state index contributed by atoms with van der Waals surface area (Å²) >= 11 is 0. The van der Waals surface area contributed by atoms with E-state index in [4.69, 9.17) is 10.00 Å². The number of carbonyl (C=O) groups is 2. The Kier molecular flexibility index (Phi) is 5.12. The standard InChI is InChI=1S/C22H19F2N3O3/c23-18-3-1-2-17(19(18)24)20(28)26-10-8-22(9-11-26)14-27(21(29)30-22)13-16-6-4-15(12-25)5-7-16/h1-7H,8-11,13-14H2. The second-order valence-electron chi connectivity index (χ2n) is 7.61. The Bertz CT molecular complexity index is 1020. The highest BCUT2D eigenvalue weighted by Gasteiger charge is 2.47. The van der Waals surface area contributed by atoms with Gasteiger partial charge in [-0.15, -0.1) is 0 Å². The number of piperidine rings is 1. The summed E-state index contributed by atoms with van der Waals surface area (Å²) in [5.74, 6) is -2.78. The minimum absolute atomic E-state index is 0.284. The SMILES string of the molecule is N#Cc1ccc(CN2CC3(CCN(C(=O)c4cccc(F)c4F)CC3)OC2=O)cc1. The van der Waals surface area contributed by atoms with Crippen molar-refractivity contribution >= 4 is 12.0 Å². The quantitative estimate of drug-likeness (QED) is 0.775. The molecule has 2 saturated heterocycles. The van der Waals surface area contributed by atoms with Gasteiger partial charge in [0.1, 0.15) is 5.60 Å². The van der Waals surface area contributed by atoms with Gasteiger partial charge in [-0.3, -0.25) is 9.69 Å². The van der Waals surface area contributed by atoms with Gasteiger partial charge in [0.2, 0.25) is 0 Å². The van der Waals surface area contributed by atoms with Crippen LogP contribution in [-0.2, 0) is 11.3 Å². The third-order valence-electron chi connectivity index (χ3n) is 5.64. The summed E-state index contributed by atoms with van der Waals surface area (Å²) in [5, 5.41) is 8.88. The first-order valence-electron chi connectivity index (χ1n) is 9.61. The van der Waals surface area contributed by atoms with Crippen molar-refractivity contribution in [3.63, 3.8) is 0 Å². The third kappa shape index (κ3) is 3.71. The molecule has 0 aromatic heterocycles. The van der Waals surface area contributed by atoms with Crippen LogP contribution in [0.5, 0.6) is 0 Å². The molecule has 6 nitrogen and oxygen atoms in total. The predicted octanol–water partition coefficient (Wildman–Crippen LogP) is 3.46. The summed E-state index contributed by atoms with van der Waals surface area (Å²) in [7, 11) is 0. The molecular weight excluding hydrogens is 392 g/mol. The normalized spacial score (nSPS) is 17.7. The Morgan fingerprint density at radius 3 is 2.50 bits per heavy atom. The molecule has 0 unspecified atom stereocenters. The molecule has 8 heteroatoms. The number of nitriles is 1. The van der Waals surface area contributed by atoms with E-state index in [1.54, 1.807) is 29.2 Å². The number of rotatable bonds is 3. The molecule has 2 aliphatic heterocycles. The largest absolute Gasteiger partial charge is 0.441 e. The molecule has 2 heterocycles. The minimum atomic E-state index is -1.15. The van der Waals surface area contributed by atoms with Crippen molar-refractivity contribution in [2.45, 2.75) is 25.0 Å². The molecule has 2 aromatic carbocycles. The van der Waals surface area contributed by atoms with Crippen molar-refractivity contribution in [2.75, 3.05) is 19.6 Å². The van der Waals surface area contributed by atoms with E-state index in [2.05, 4.69) is 6.07 Å². The zero-order chi connectivity index (χ0) is 21.3. The average Bonchev–Trinajstić information content (AvgIpc) is 3.05. The molecule has 30 heavy (non-hydrogen) atoms. The third-order valence-corrected chi connectivity index (χ3v) is 5.64. The number of carbonyl (C=O) groups excluding carboxylic acids is 2. The molecule has 154 valence electrons. The molecule has 2 aliphatic rings. The number of likely N-dealkylation sites (tertiary alicyclic amines) is 1. The van der Waals surface area contributed by atoms with E-state index < -0.39 is 29.2 Å². The Hall–Kier alpha value is -3.47. The first-order chi connectivity index (χ1) is 14.4. The molecule has 0 aliphatic carbocycles. The van der Waals surface area contributed by atoms with Crippen LogP contribution < -0.4 is 0 Å². The van der Waals surface area contributed by atoms with E-state index in [1.165, 1.54) is 17.0 Å². The van der Waals surface area contributed by atoms with Crippen molar-refractivity contribution in [2.24, 2.45) is 0 Å². The average molecular weight is 411 g/mol. The fourth-order valence-electron chi connectivity index (χ4n) is 3.94. The number of hydrogen-bond donors (Lipinski definition) is 0. The van der Waals surface area contributed by atoms with Crippen LogP contribution in [0.1, 0.15) is 34.3 Å². The van der Waals surface area contributed by atoms with Crippen molar-refractivity contribution in [3.05, 3.63) is 70.8 Å². The maximum Gasteiger partial charge on any atom is 0.410 e. The van der Waals surface area contributed by atoms with Crippen molar-refractivity contribution in [1.29, 1.82) is 5.26 Å². The Balaban J connectivity index is 1.39. The second kappa shape index (κ2) is 7.75. The van der Waals surface area contributed by atoms with Crippen LogP contribution in [-0.4, -0.2) is 47.0 Å². The number of nitrogens with zero attached hydrogens (tertiary/aromatic N) is 3. The highest BCUT2D eigenvalue weighted by Crippen LogP contribution is 2.34. The number of amides is 2. The van der Waals surface area contributed by atoms with Crippen molar-refractivity contribution in [3.8, 4) is 6.07 Å². The summed E-state index contributed by atoms with van der Waals surface area (Å²) in [4.78, 5) is 28.0. The van der Waals surface area contributed by atoms with Gasteiger partial charge in [0.15, 0.2) is 11.6 Å². The van der Waals surface area contributed by atoms with Gasteiger partial charge in [0, 0.05) is 32.5 Å². The Morgan fingerprint density at radius 1 is 1.13 bits per heavy atom. The van der Waals surface area contributed by atoms with Gasteiger partial charge in [0.05, 0.1) is 23.7 Å². The number of benzene rings is 2. The molecule has 0 atom stereocenters. The lowest BCUT2D eigenvalue weighted by Gasteiger charge is -2.37. The molecule has 0 N–H and O–H groups in total. The number of hydrogen-bond acceptors (Lipinski definition) is 4. The molecule has 1 spiro atoms. The van der Waals surface area contributed by atoms with Crippen LogP contribution in [0.15, 0.2) is 42.5 Å². The smallest absolute Gasteiger partial charge is 0.410 e. The Morgan fingerprint density at radius 2 is 1.83 bits per heavy atom. The van der Waals surface area contributed by atoms with Crippen LogP contribution in [0, 0.1) is 23.0 Å². The van der Waals surface area contributed by atoms with E-state index in [-0.39, 0.29) is 18.7 Å². The Labute approximate surface area is 172 Å². The molecule has 2 fully saturated rings. The summed E-state index contributed by atoms with van der Waals surface area (Å²) in [6.45, 7) is 1.32. The molecule has 0 bridgehead atoms. The first-order valence-corrected chi connectivity index (χ1v) is 9.61. The van der Waals surface area contributed by atoms with Crippen LogP contribution in [0.25, 0.3) is 0 Å². The van der Waals surface area contributed by atoms with Crippen LogP contribution >= 0.6 is 0 Å². The fourth-order valence-corrected chi connectivity index (χ4v) is 3.94. The zero-order valence-corrected chi connectivity index (χ0v) is 16.1. The van der Waals surface area contributed by atoms with E-state index >= 15 is 0 Å². The van der Waals surface area contributed by atoms with Crippen molar-refractivity contribution in [1.82, 2.24) is 9.80 Å². The molecule has 0 radical (unpaired) electrons. The molecule has 2 amide bonds. The summed E-state index contributed by atoms with van der Waals surface area (Å²) in [5.41, 5.74) is 0.445. The number of ether oxygens (including phenoxy) is 1. The van der Waals surface area contributed by atoms with Crippen molar-refractivity contribution < 1.29 is 23.1 Å². The topological polar surface area (TPSA) is 73.6 Å². The maximum absolute atomic E-state index is 13.9. The predicted molar refractivity (Wildman–Crippen MR) is 102 cm³/mol. The van der Waals surface area contributed by atoms with Crippen LogP contribution in [0.3, 0.4) is 0 Å². The summed E-state index contributed by atoms with van der Waals surface area (Å²) in [6, 6.07) is 12.6. The van der Waals surface area contributed by atoms with Crippen LogP contribution in [0.4, 0.5) is 13.6 Å². The van der Waals surface area contributed by atoms with Gasteiger partial charge < -0.3 is 9.64 Å². The lowest BCUT2D eigenvalue weighted by atomic mass is 9.91. The monoisotopic (exact) mass is 411 g/mol. The van der Waals surface area contributed by atoms with Gasteiger partial charge in [-0.25, -0.2) is 13.6 Å². The highest BCUT2D eigenvalue weighted by molar-refractivity contribution is 5.94. The lowest BCUT2D eigenvalue weighted by Crippen LogP contribution is -2.48. The zero-order valence-electron chi connectivity index (χ0n) is 16.1. The molecule has 2 aromatic rings. The second-order valence-corrected chi connectivity index (χ2v) is 7.61. The minimum Gasteiger partial charge on any atom is -0.441 e. The van der Waals surface area contributed by atoms with Gasteiger partial charge in [0.25, 0.3) is 5.91 Å². The molecule has 0 saturated carbocycles. The fraction of sp³-hybridized carbons (Fsp3) is 0.318. The summed E-state index contributed by atoms with van der Waals surface area (Å²) in [6.07, 6.45) is 0.423. The highest BCUT2D eigenvalue weighted by atomic mass is 19.2.